The van der Waals surface area contributed by atoms with Crippen LogP contribution in [0.1, 0.15) is 51.0 Å². The first-order valence-electron chi connectivity index (χ1n) is 8.16. The lowest BCUT2D eigenvalue weighted by atomic mass is 9.96. The Morgan fingerprint density at radius 2 is 1.95 bits per heavy atom. The van der Waals surface area contributed by atoms with Crippen LogP contribution in [0.5, 0.6) is 0 Å². The number of nitrogens with zero attached hydrogens (tertiary/aromatic N) is 3. The smallest absolute Gasteiger partial charge is 0.254 e. The second-order valence-electron chi connectivity index (χ2n) is 6.45. The lowest BCUT2D eigenvalue weighted by Crippen LogP contribution is -2.25. The topological polar surface area (TPSA) is 85.8 Å². The van der Waals surface area contributed by atoms with E-state index < -0.39 is 0 Å². The molecule has 0 amide bonds. The molecule has 0 unspecified atom stereocenters. The van der Waals surface area contributed by atoms with E-state index >= 15 is 0 Å². The summed E-state index contributed by atoms with van der Waals surface area (Å²) in [5.74, 6) is 0.610. The molecule has 0 spiro atoms. The Hall–Kier alpha value is -2.11. The average molecular weight is 299 g/mol. The molecule has 116 valence electrons. The van der Waals surface area contributed by atoms with E-state index in [0.717, 1.165) is 31.1 Å². The summed E-state index contributed by atoms with van der Waals surface area (Å²) in [5, 5.41) is 4.18. The van der Waals surface area contributed by atoms with Crippen LogP contribution in [0.3, 0.4) is 0 Å². The van der Waals surface area contributed by atoms with Crippen molar-refractivity contribution in [1.29, 1.82) is 0 Å². The van der Waals surface area contributed by atoms with Crippen molar-refractivity contribution in [2.24, 2.45) is 0 Å². The van der Waals surface area contributed by atoms with Gasteiger partial charge in [0.2, 0.25) is 5.95 Å². The van der Waals surface area contributed by atoms with Gasteiger partial charge in [-0.25, -0.2) is 4.98 Å². The van der Waals surface area contributed by atoms with Crippen LogP contribution < -0.4 is 16.6 Å². The third-order valence-electron chi connectivity index (χ3n) is 4.67. The predicted octanol–water partition coefficient (Wildman–Crippen LogP) is 2.45. The molecule has 0 aromatic carbocycles. The zero-order chi connectivity index (χ0) is 15.1. The summed E-state index contributed by atoms with van der Waals surface area (Å²) in [6, 6.07) is 2.19. The molecular weight excluding hydrogens is 278 g/mol. The molecule has 3 N–H and O–H groups in total. The maximum absolute atomic E-state index is 12.2. The maximum atomic E-state index is 12.2. The number of rotatable bonds is 3. The van der Waals surface area contributed by atoms with Gasteiger partial charge in [0.05, 0.1) is 5.39 Å². The maximum Gasteiger partial charge on any atom is 0.254 e. The number of nitrogens with two attached hydrogens (primary N) is 1. The number of hydrogen-bond acceptors (Lipinski definition) is 5. The number of pyridine rings is 1. The first-order chi connectivity index (χ1) is 10.7. The molecule has 2 saturated carbocycles. The normalized spacial score (nSPS) is 19.5. The third-order valence-corrected chi connectivity index (χ3v) is 4.67. The van der Waals surface area contributed by atoms with Crippen LogP contribution in [0.2, 0.25) is 0 Å². The fourth-order valence-corrected chi connectivity index (χ4v) is 3.33. The predicted molar refractivity (Wildman–Crippen MR) is 87.0 cm³/mol. The van der Waals surface area contributed by atoms with Crippen molar-refractivity contribution < 1.29 is 0 Å². The molecule has 0 saturated heterocycles. The summed E-state index contributed by atoms with van der Waals surface area (Å²) in [5.41, 5.74) is 7.03. The Balaban J connectivity index is 1.75. The van der Waals surface area contributed by atoms with Gasteiger partial charge in [-0.2, -0.15) is 4.98 Å². The van der Waals surface area contributed by atoms with Gasteiger partial charge in [-0.3, -0.25) is 9.36 Å². The van der Waals surface area contributed by atoms with Gasteiger partial charge in [-0.15, -0.1) is 0 Å². The summed E-state index contributed by atoms with van der Waals surface area (Å²) < 4.78 is 1.78. The molecule has 2 aromatic heterocycles. The van der Waals surface area contributed by atoms with Crippen molar-refractivity contribution in [3.8, 4) is 0 Å². The third kappa shape index (κ3) is 2.42. The van der Waals surface area contributed by atoms with Crippen LogP contribution in [0.4, 0.5) is 11.6 Å². The fraction of sp³-hybridized carbons (Fsp3) is 0.562. The lowest BCUT2D eigenvalue weighted by molar-refractivity contribution is 0.461. The van der Waals surface area contributed by atoms with E-state index in [1.54, 1.807) is 10.8 Å². The van der Waals surface area contributed by atoms with Crippen molar-refractivity contribution >= 4 is 22.7 Å². The molecule has 6 heteroatoms. The Bertz CT molecular complexity index is 759. The zero-order valence-electron chi connectivity index (χ0n) is 12.6. The molecule has 2 aliphatic carbocycles. The first-order valence-corrected chi connectivity index (χ1v) is 8.16. The van der Waals surface area contributed by atoms with E-state index in [9.17, 15) is 4.79 Å². The van der Waals surface area contributed by atoms with Crippen molar-refractivity contribution in [2.75, 3.05) is 11.1 Å². The molecule has 0 atom stereocenters. The van der Waals surface area contributed by atoms with Crippen LogP contribution in [0.15, 0.2) is 17.1 Å². The highest BCUT2D eigenvalue weighted by Gasteiger charge is 2.27. The Morgan fingerprint density at radius 3 is 2.68 bits per heavy atom. The van der Waals surface area contributed by atoms with Gasteiger partial charge < -0.3 is 11.1 Å². The van der Waals surface area contributed by atoms with E-state index in [2.05, 4.69) is 15.3 Å². The van der Waals surface area contributed by atoms with Crippen LogP contribution in [0.25, 0.3) is 11.0 Å². The molecule has 0 radical (unpaired) electrons. The van der Waals surface area contributed by atoms with Gasteiger partial charge in [0.15, 0.2) is 5.65 Å². The van der Waals surface area contributed by atoms with Crippen molar-refractivity contribution in [3.05, 3.63) is 22.6 Å². The summed E-state index contributed by atoms with van der Waals surface area (Å²) in [4.78, 5) is 21.2. The molecule has 2 aliphatic rings. The van der Waals surface area contributed by atoms with Gasteiger partial charge in [-0.1, -0.05) is 19.3 Å². The molecule has 0 bridgehead atoms. The lowest BCUT2D eigenvalue weighted by Gasteiger charge is -2.23. The molecular formula is C16H21N5O. The molecule has 2 aromatic rings. The Morgan fingerprint density at radius 1 is 1.18 bits per heavy atom. The summed E-state index contributed by atoms with van der Waals surface area (Å²) in [7, 11) is 0. The largest absolute Gasteiger partial charge is 0.398 e. The van der Waals surface area contributed by atoms with Crippen LogP contribution in [-0.4, -0.2) is 20.6 Å². The monoisotopic (exact) mass is 299 g/mol. The van der Waals surface area contributed by atoms with E-state index in [1.807, 2.05) is 0 Å². The van der Waals surface area contributed by atoms with Crippen LogP contribution in [0, 0.1) is 0 Å². The number of nitrogen functional groups attached to an aromatic ring is 1. The van der Waals surface area contributed by atoms with E-state index in [0.29, 0.717) is 23.3 Å². The number of hydrogen-bond donors (Lipinski definition) is 2. The SMILES string of the molecule is Nc1cc(=O)n(C2CC2)c2nc(NC3CCCCC3)ncc12. The molecule has 2 fully saturated rings. The highest BCUT2D eigenvalue weighted by Crippen LogP contribution is 2.36. The summed E-state index contributed by atoms with van der Waals surface area (Å²) in [6.45, 7) is 0. The number of fused-ring (bicyclic) bond motifs is 1. The highest BCUT2D eigenvalue weighted by molar-refractivity contribution is 5.87. The van der Waals surface area contributed by atoms with Crippen LogP contribution in [-0.2, 0) is 0 Å². The van der Waals surface area contributed by atoms with Gasteiger partial charge in [-0.05, 0) is 25.7 Å². The fourth-order valence-electron chi connectivity index (χ4n) is 3.33. The number of aromatic nitrogens is 3. The Kier molecular flexibility index (Phi) is 3.24. The van der Waals surface area contributed by atoms with E-state index in [1.165, 1.54) is 25.3 Å². The first kappa shape index (κ1) is 13.5. The summed E-state index contributed by atoms with van der Waals surface area (Å²) >= 11 is 0. The van der Waals surface area contributed by atoms with Gasteiger partial charge in [0, 0.05) is 30.0 Å². The quantitative estimate of drug-likeness (QED) is 0.909. The van der Waals surface area contributed by atoms with Gasteiger partial charge in [0.1, 0.15) is 0 Å². The van der Waals surface area contributed by atoms with Gasteiger partial charge in [0.25, 0.3) is 5.56 Å². The molecule has 0 aliphatic heterocycles. The van der Waals surface area contributed by atoms with E-state index in [4.69, 9.17) is 5.73 Å². The van der Waals surface area contributed by atoms with E-state index in [-0.39, 0.29) is 11.6 Å². The van der Waals surface area contributed by atoms with Crippen molar-refractivity contribution in [2.45, 2.75) is 57.0 Å². The second kappa shape index (κ2) is 5.26. The number of anilines is 2. The van der Waals surface area contributed by atoms with Crippen molar-refractivity contribution in [3.63, 3.8) is 0 Å². The molecule has 6 nitrogen and oxygen atoms in total. The minimum Gasteiger partial charge on any atom is -0.398 e. The average Bonchev–Trinajstić information content (AvgIpc) is 3.33. The van der Waals surface area contributed by atoms with Crippen molar-refractivity contribution in [1.82, 2.24) is 14.5 Å². The Labute approximate surface area is 128 Å². The molecule has 2 heterocycles. The summed E-state index contributed by atoms with van der Waals surface area (Å²) in [6.07, 6.45) is 9.95. The number of nitrogens with one attached hydrogen (secondary N) is 1. The minimum atomic E-state index is -0.0604. The van der Waals surface area contributed by atoms with Gasteiger partial charge >= 0.3 is 0 Å². The highest BCUT2D eigenvalue weighted by atomic mass is 16.1. The molecule has 4 rings (SSSR count). The zero-order valence-corrected chi connectivity index (χ0v) is 12.6. The minimum absolute atomic E-state index is 0.0604. The molecule has 22 heavy (non-hydrogen) atoms. The second-order valence-corrected chi connectivity index (χ2v) is 6.45. The standard InChI is InChI=1S/C16H21N5O/c17-13-8-14(22)21(11-6-7-11)15-12(13)9-18-16(20-15)19-10-4-2-1-3-5-10/h8-11H,1-7,17H2,(H,18,19,20). The van der Waals surface area contributed by atoms with Crippen LogP contribution >= 0.6 is 0 Å².